The van der Waals surface area contributed by atoms with E-state index in [-0.39, 0.29) is 16.6 Å². The van der Waals surface area contributed by atoms with Crippen LogP contribution in [0.4, 0.5) is 0 Å². The summed E-state index contributed by atoms with van der Waals surface area (Å²) in [6.45, 7) is 13.4. The van der Waals surface area contributed by atoms with Crippen molar-refractivity contribution in [3.63, 3.8) is 0 Å². The largest absolute Gasteiger partial charge is 0.507 e. The Balaban J connectivity index is 1.10. The molecule has 7 aromatic carbocycles. The van der Waals surface area contributed by atoms with Crippen molar-refractivity contribution in [1.82, 2.24) is 15.0 Å². The minimum Gasteiger partial charge on any atom is -0.507 e. The van der Waals surface area contributed by atoms with Gasteiger partial charge in [0.05, 0.1) is 17.1 Å². The van der Waals surface area contributed by atoms with Gasteiger partial charge in [0.2, 0.25) is 0 Å². The molecule has 0 saturated carbocycles. The average molecular weight is 894 g/mol. The summed E-state index contributed by atoms with van der Waals surface area (Å²) in [5.41, 5.74) is 21.0. The van der Waals surface area contributed by atoms with Gasteiger partial charge >= 0.3 is 0 Å². The summed E-state index contributed by atoms with van der Waals surface area (Å²) in [6, 6.07) is 70.5. The number of nitrogens with zero attached hydrogens (tertiary/aromatic N) is 3. The van der Waals surface area contributed by atoms with Crippen LogP contribution in [0.15, 0.2) is 219 Å². The van der Waals surface area contributed by atoms with E-state index in [2.05, 4.69) is 204 Å². The van der Waals surface area contributed by atoms with Gasteiger partial charge in [-0.15, -0.1) is 0 Å². The van der Waals surface area contributed by atoms with Gasteiger partial charge in [0.1, 0.15) is 5.75 Å². The van der Waals surface area contributed by atoms with Crippen LogP contribution in [0.1, 0.15) is 52.7 Å². The fourth-order valence-electron chi connectivity index (χ4n) is 9.24. The molecule has 0 aliphatic heterocycles. The molecule has 3 aromatic heterocycles. The zero-order valence-electron chi connectivity index (χ0n) is 40.1. The lowest BCUT2D eigenvalue weighted by atomic mass is 9.85. The van der Waals surface area contributed by atoms with Crippen LogP contribution in [0, 0.1) is 0 Å². The molecule has 3 heterocycles. The molecule has 0 spiro atoms. The van der Waals surface area contributed by atoms with Crippen molar-refractivity contribution in [2.45, 2.75) is 52.4 Å². The molecule has 10 aromatic rings. The quantitative estimate of drug-likeness (QED) is 0.157. The fraction of sp³-hybridized carbons (Fsp3) is 0.123. The molecule has 0 atom stereocenters. The lowest BCUT2D eigenvalue weighted by Gasteiger charge is -2.19. The van der Waals surface area contributed by atoms with E-state index in [0.29, 0.717) is 0 Å². The van der Waals surface area contributed by atoms with Gasteiger partial charge in [-0.2, -0.15) is 0 Å². The Labute approximate surface area is 406 Å². The molecular formula is C65H55N3O. The Morgan fingerprint density at radius 3 is 1.04 bits per heavy atom. The molecule has 0 unspecified atom stereocenters. The lowest BCUT2D eigenvalue weighted by molar-refractivity contribution is 0.477. The molecule has 10 rings (SSSR count). The number of aromatic hydroxyl groups is 1. The molecule has 0 amide bonds. The maximum Gasteiger partial charge on any atom is 0.124 e. The first-order valence-electron chi connectivity index (χ1n) is 23.7. The first-order valence-corrected chi connectivity index (χ1v) is 23.7. The number of phenols is 1. The third-order valence-corrected chi connectivity index (χ3v) is 13.1. The number of phenolic OH excluding ortho intramolecular Hbond substituents is 1. The average Bonchev–Trinajstić information content (AvgIpc) is 3.38. The summed E-state index contributed by atoms with van der Waals surface area (Å²) in [5.74, 6) is 0.199. The number of pyridine rings is 3. The normalized spacial score (nSPS) is 11.7. The number of hydrogen-bond acceptors (Lipinski definition) is 4. The highest BCUT2D eigenvalue weighted by Gasteiger charge is 2.20. The SMILES string of the molecule is CC(C)(C)c1ccnc(-c2ccc(-c3ccccc3-c3cc(-c4ccccc4-c4ccc(-c5cc(C(C)(C)C)ccn5)cc4)cc(-c4ccccc4-c4ccc(-c5ccccn5)cc4O)c3)cc2)c1. The van der Waals surface area contributed by atoms with Crippen molar-refractivity contribution >= 4 is 0 Å². The van der Waals surface area contributed by atoms with Crippen LogP contribution in [-0.4, -0.2) is 20.1 Å². The minimum absolute atomic E-state index is 0.0253. The second-order valence-corrected chi connectivity index (χ2v) is 19.9. The first-order chi connectivity index (χ1) is 33.4. The van der Waals surface area contributed by atoms with Crippen LogP contribution in [0.25, 0.3) is 101 Å². The van der Waals surface area contributed by atoms with Crippen LogP contribution in [0.3, 0.4) is 0 Å². The van der Waals surface area contributed by atoms with Gasteiger partial charge in [-0.25, -0.2) is 0 Å². The van der Waals surface area contributed by atoms with Gasteiger partial charge in [0.25, 0.3) is 0 Å². The molecule has 336 valence electrons. The van der Waals surface area contributed by atoms with Crippen molar-refractivity contribution in [2.75, 3.05) is 0 Å². The van der Waals surface area contributed by atoms with E-state index in [4.69, 9.17) is 9.97 Å². The first kappa shape index (κ1) is 44.6. The van der Waals surface area contributed by atoms with Crippen LogP contribution >= 0.6 is 0 Å². The van der Waals surface area contributed by atoms with Crippen molar-refractivity contribution in [3.8, 4) is 106 Å². The maximum atomic E-state index is 11.7. The zero-order valence-corrected chi connectivity index (χ0v) is 40.1. The highest BCUT2D eigenvalue weighted by Crippen LogP contribution is 2.44. The van der Waals surface area contributed by atoms with Crippen LogP contribution in [0.5, 0.6) is 5.75 Å². The molecule has 4 nitrogen and oxygen atoms in total. The smallest absolute Gasteiger partial charge is 0.124 e. The fourth-order valence-corrected chi connectivity index (χ4v) is 9.24. The van der Waals surface area contributed by atoms with E-state index in [9.17, 15) is 5.11 Å². The summed E-state index contributed by atoms with van der Waals surface area (Å²) in [4.78, 5) is 14.0. The topological polar surface area (TPSA) is 58.9 Å². The summed E-state index contributed by atoms with van der Waals surface area (Å²) in [5, 5.41) is 11.7. The summed E-state index contributed by atoms with van der Waals surface area (Å²) in [6.07, 6.45) is 5.60. The molecule has 0 fully saturated rings. The van der Waals surface area contributed by atoms with Gasteiger partial charge in [0.15, 0.2) is 0 Å². The molecule has 0 saturated heterocycles. The molecule has 69 heavy (non-hydrogen) atoms. The van der Waals surface area contributed by atoms with Gasteiger partial charge in [0, 0.05) is 40.8 Å². The molecule has 0 aliphatic rings. The molecule has 0 bridgehead atoms. The van der Waals surface area contributed by atoms with E-state index >= 15 is 0 Å². The van der Waals surface area contributed by atoms with E-state index in [1.807, 2.05) is 54.9 Å². The molecular weight excluding hydrogens is 839 g/mol. The Morgan fingerprint density at radius 2 is 0.638 bits per heavy atom. The van der Waals surface area contributed by atoms with Crippen LogP contribution < -0.4 is 0 Å². The van der Waals surface area contributed by atoms with E-state index in [1.54, 1.807) is 6.20 Å². The number of aromatic nitrogens is 3. The number of hydrogen-bond donors (Lipinski definition) is 1. The summed E-state index contributed by atoms with van der Waals surface area (Å²) < 4.78 is 0. The van der Waals surface area contributed by atoms with E-state index < -0.39 is 0 Å². The minimum atomic E-state index is 0.0253. The van der Waals surface area contributed by atoms with Crippen LogP contribution in [-0.2, 0) is 10.8 Å². The molecule has 0 radical (unpaired) electrons. The Hall–Kier alpha value is -8.21. The lowest BCUT2D eigenvalue weighted by Crippen LogP contribution is -2.11. The van der Waals surface area contributed by atoms with E-state index in [0.717, 1.165) is 101 Å². The third-order valence-electron chi connectivity index (χ3n) is 13.1. The van der Waals surface area contributed by atoms with Crippen molar-refractivity contribution < 1.29 is 5.11 Å². The number of rotatable bonds is 9. The number of benzene rings is 7. The van der Waals surface area contributed by atoms with E-state index in [1.165, 1.54) is 11.1 Å². The van der Waals surface area contributed by atoms with Gasteiger partial charge < -0.3 is 5.11 Å². The van der Waals surface area contributed by atoms with Gasteiger partial charge in [-0.3, -0.25) is 15.0 Å². The monoisotopic (exact) mass is 893 g/mol. The van der Waals surface area contributed by atoms with Gasteiger partial charge in [-0.05, 0) is 150 Å². The van der Waals surface area contributed by atoms with Crippen LogP contribution in [0.2, 0.25) is 0 Å². The zero-order chi connectivity index (χ0) is 47.7. The second-order valence-electron chi connectivity index (χ2n) is 19.9. The Morgan fingerprint density at radius 1 is 0.275 bits per heavy atom. The molecule has 4 heteroatoms. The maximum absolute atomic E-state index is 11.7. The third kappa shape index (κ3) is 9.39. The molecule has 1 N–H and O–H groups in total. The second kappa shape index (κ2) is 18.5. The predicted molar refractivity (Wildman–Crippen MR) is 288 cm³/mol. The van der Waals surface area contributed by atoms with Crippen molar-refractivity contribution in [2.24, 2.45) is 0 Å². The Bertz CT molecular complexity index is 3290. The Kier molecular flexibility index (Phi) is 11.9. The highest BCUT2D eigenvalue weighted by molar-refractivity contribution is 5.95. The van der Waals surface area contributed by atoms with Crippen molar-refractivity contribution in [3.05, 3.63) is 230 Å². The standard InChI is InChI=1S/C65H55N3O/c1-64(2,3)51-32-35-67-61(41-51)45-26-22-43(23-27-45)53-15-7-9-17-55(53)48-37-49(56-18-10-8-16-54(56)44-24-28-46(29-25-44)62-42-52(33-36-68-62)65(4,5)6)39-50(38-48)57-19-11-12-20-58(57)59-31-30-47(40-63(59)69)60-21-13-14-34-66-60/h7-42,69H,1-6H3. The molecule has 0 aliphatic carbocycles. The summed E-state index contributed by atoms with van der Waals surface area (Å²) in [7, 11) is 0. The summed E-state index contributed by atoms with van der Waals surface area (Å²) >= 11 is 0. The van der Waals surface area contributed by atoms with Gasteiger partial charge in [-0.1, -0.05) is 175 Å². The highest BCUT2D eigenvalue weighted by atomic mass is 16.3. The van der Waals surface area contributed by atoms with Crippen molar-refractivity contribution in [1.29, 1.82) is 0 Å². The predicted octanol–water partition coefficient (Wildman–Crippen LogP) is 17.2.